The van der Waals surface area contributed by atoms with E-state index < -0.39 is 0 Å². The van der Waals surface area contributed by atoms with Crippen LogP contribution in [0.5, 0.6) is 0 Å². The molecule has 3 heteroatoms. The van der Waals surface area contributed by atoms with Gasteiger partial charge >= 0.3 is 0 Å². The topological polar surface area (TPSA) is 51.8 Å². The van der Waals surface area contributed by atoms with Gasteiger partial charge in [0.1, 0.15) is 5.82 Å². The van der Waals surface area contributed by atoms with Gasteiger partial charge in [-0.1, -0.05) is 12.8 Å². The van der Waals surface area contributed by atoms with E-state index >= 15 is 0 Å². The van der Waals surface area contributed by atoms with E-state index in [4.69, 9.17) is 5.73 Å². The smallest absolute Gasteiger partial charge is 0.145 e. The predicted octanol–water partition coefficient (Wildman–Crippen LogP) is 1.98. The Bertz CT molecular complexity index is 288. The van der Waals surface area contributed by atoms with Crippen molar-refractivity contribution in [1.29, 1.82) is 0 Å². The molecule has 1 atom stereocenters. The molecule has 2 rings (SSSR count). The normalized spacial score (nSPS) is 19.9. The van der Waals surface area contributed by atoms with Crippen LogP contribution in [0.1, 0.15) is 43.1 Å². The van der Waals surface area contributed by atoms with E-state index in [1.165, 1.54) is 25.7 Å². The maximum absolute atomic E-state index is 6.13. The predicted molar refractivity (Wildman–Crippen MR) is 55.7 cm³/mol. The quantitative estimate of drug-likeness (QED) is 0.777. The van der Waals surface area contributed by atoms with Crippen LogP contribution in [0.15, 0.2) is 12.4 Å². The molecule has 14 heavy (non-hydrogen) atoms. The fourth-order valence-corrected chi connectivity index (χ4v) is 2.10. The van der Waals surface area contributed by atoms with Gasteiger partial charge in [-0.15, -0.1) is 0 Å². The second-order valence-corrected chi connectivity index (χ2v) is 4.19. The van der Waals surface area contributed by atoms with Gasteiger partial charge in [0.25, 0.3) is 0 Å². The number of nitrogens with zero attached hydrogens (tertiary/aromatic N) is 2. The summed E-state index contributed by atoms with van der Waals surface area (Å²) in [5.74, 6) is 1.40. The molecule has 1 aliphatic rings. The highest BCUT2D eigenvalue weighted by Gasteiger charge is 2.24. The fourth-order valence-electron chi connectivity index (χ4n) is 2.10. The highest BCUT2D eigenvalue weighted by molar-refractivity contribution is 5.05. The lowest BCUT2D eigenvalue weighted by molar-refractivity contribution is 0.427. The van der Waals surface area contributed by atoms with Crippen LogP contribution in [0.4, 0.5) is 0 Å². The Hall–Kier alpha value is -0.960. The molecule has 0 radical (unpaired) electrons. The van der Waals surface area contributed by atoms with E-state index in [0.29, 0.717) is 5.92 Å². The van der Waals surface area contributed by atoms with Crippen LogP contribution in [0.2, 0.25) is 0 Å². The average Bonchev–Trinajstić information content (AvgIpc) is 2.71. The molecular formula is C11H17N3. The van der Waals surface area contributed by atoms with Gasteiger partial charge in [0, 0.05) is 12.4 Å². The lowest BCUT2D eigenvalue weighted by Crippen LogP contribution is -2.21. The van der Waals surface area contributed by atoms with Gasteiger partial charge in [0.2, 0.25) is 0 Å². The summed E-state index contributed by atoms with van der Waals surface area (Å²) in [5.41, 5.74) is 7.22. The lowest BCUT2D eigenvalue weighted by Gasteiger charge is -2.16. The molecule has 0 bridgehead atoms. The molecule has 1 aromatic rings. The van der Waals surface area contributed by atoms with Crippen molar-refractivity contribution < 1.29 is 0 Å². The molecule has 76 valence electrons. The standard InChI is InChI=1S/C11H17N3/c1-8-6-13-11(14-7-8)10(12)9-4-2-3-5-9/h6-7,9-10H,2-5,12H2,1H3. The fraction of sp³-hybridized carbons (Fsp3) is 0.636. The zero-order chi connectivity index (χ0) is 9.97. The van der Waals surface area contributed by atoms with Gasteiger partial charge in [0.15, 0.2) is 0 Å². The molecule has 0 saturated heterocycles. The van der Waals surface area contributed by atoms with Crippen LogP contribution in [0.25, 0.3) is 0 Å². The van der Waals surface area contributed by atoms with Crippen molar-refractivity contribution in [1.82, 2.24) is 9.97 Å². The van der Waals surface area contributed by atoms with Crippen molar-refractivity contribution in [2.24, 2.45) is 11.7 Å². The lowest BCUT2D eigenvalue weighted by atomic mass is 9.98. The van der Waals surface area contributed by atoms with Crippen molar-refractivity contribution in [2.75, 3.05) is 0 Å². The van der Waals surface area contributed by atoms with E-state index in [0.717, 1.165) is 11.4 Å². The van der Waals surface area contributed by atoms with Crippen LogP contribution in [0.3, 0.4) is 0 Å². The minimum absolute atomic E-state index is 0.0399. The van der Waals surface area contributed by atoms with Crippen LogP contribution < -0.4 is 5.73 Å². The molecule has 0 spiro atoms. The summed E-state index contributed by atoms with van der Waals surface area (Å²) in [6, 6.07) is 0.0399. The molecule has 2 N–H and O–H groups in total. The van der Waals surface area contributed by atoms with Gasteiger partial charge in [-0.05, 0) is 31.2 Å². The Balaban J connectivity index is 2.09. The Labute approximate surface area is 84.8 Å². The van der Waals surface area contributed by atoms with Gasteiger partial charge < -0.3 is 5.73 Å². The third-order valence-electron chi connectivity index (χ3n) is 3.01. The van der Waals surface area contributed by atoms with Crippen molar-refractivity contribution in [3.8, 4) is 0 Å². The maximum Gasteiger partial charge on any atom is 0.145 e. The van der Waals surface area contributed by atoms with Crippen LogP contribution in [0, 0.1) is 12.8 Å². The SMILES string of the molecule is Cc1cnc(C(N)C2CCCC2)nc1. The molecule has 1 heterocycles. The Morgan fingerprint density at radius 2 is 1.86 bits per heavy atom. The van der Waals surface area contributed by atoms with Crippen LogP contribution >= 0.6 is 0 Å². The number of hydrogen-bond acceptors (Lipinski definition) is 3. The summed E-state index contributed by atoms with van der Waals surface area (Å²) in [7, 11) is 0. The van der Waals surface area contributed by atoms with E-state index in [1.54, 1.807) is 0 Å². The van der Waals surface area contributed by atoms with E-state index in [9.17, 15) is 0 Å². The summed E-state index contributed by atoms with van der Waals surface area (Å²) < 4.78 is 0. The maximum atomic E-state index is 6.13. The van der Waals surface area contributed by atoms with Crippen LogP contribution in [-0.4, -0.2) is 9.97 Å². The molecule has 0 aliphatic heterocycles. The van der Waals surface area contributed by atoms with Gasteiger partial charge in [-0.2, -0.15) is 0 Å². The molecule has 1 aromatic heterocycles. The highest BCUT2D eigenvalue weighted by Crippen LogP contribution is 2.32. The molecule has 1 saturated carbocycles. The summed E-state index contributed by atoms with van der Waals surface area (Å²) in [5, 5.41) is 0. The van der Waals surface area contributed by atoms with E-state index in [1.807, 2.05) is 19.3 Å². The first-order chi connectivity index (χ1) is 6.77. The summed E-state index contributed by atoms with van der Waals surface area (Å²) in [6.07, 6.45) is 8.78. The largest absolute Gasteiger partial charge is 0.321 e. The summed E-state index contributed by atoms with van der Waals surface area (Å²) in [4.78, 5) is 8.57. The van der Waals surface area contributed by atoms with Crippen molar-refractivity contribution in [3.05, 3.63) is 23.8 Å². The number of aryl methyl sites for hydroxylation is 1. The third kappa shape index (κ3) is 1.93. The van der Waals surface area contributed by atoms with Crippen molar-refractivity contribution >= 4 is 0 Å². The van der Waals surface area contributed by atoms with E-state index in [2.05, 4.69) is 9.97 Å². The zero-order valence-electron chi connectivity index (χ0n) is 8.61. The molecular weight excluding hydrogens is 174 g/mol. The third-order valence-corrected chi connectivity index (χ3v) is 3.01. The minimum Gasteiger partial charge on any atom is -0.321 e. The Morgan fingerprint density at radius 3 is 2.43 bits per heavy atom. The number of rotatable bonds is 2. The van der Waals surface area contributed by atoms with Gasteiger partial charge in [-0.25, -0.2) is 9.97 Å². The zero-order valence-corrected chi connectivity index (χ0v) is 8.61. The monoisotopic (exact) mass is 191 g/mol. The number of nitrogens with two attached hydrogens (primary N) is 1. The van der Waals surface area contributed by atoms with Crippen molar-refractivity contribution in [3.63, 3.8) is 0 Å². The second-order valence-electron chi connectivity index (χ2n) is 4.19. The first-order valence-electron chi connectivity index (χ1n) is 5.31. The molecule has 0 aromatic carbocycles. The highest BCUT2D eigenvalue weighted by atomic mass is 14.9. The second kappa shape index (κ2) is 4.05. The first kappa shape index (κ1) is 9.59. The number of aromatic nitrogens is 2. The molecule has 1 fully saturated rings. The summed E-state index contributed by atoms with van der Waals surface area (Å²) >= 11 is 0. The molecule has 1 aliphatic carbocycles. The average molecular weight is 191 g/mol. The Kier molecular flexibility index (Phi) is 2.77. The van der Waals surface area contributed by atoms with Gasteiger partial charge in [-0.3, -0.25) is 0 Å². The molecule has 1 unspecified atom stereocenters. The Morgan fingerprint density at radius 1 is 1.29 bits per heavy atom. The van der Waals surface area contributed by atoms with Crippen molar-refractivity contribution in [2.45, 2.75) is 38.6 Å². The first-order valence-corrected chi connectivity index (χ1v) is 5.31. The van der Waals surface area contributed by atoms with Gasteiger partial charge in [0.05, 0.1) is 6.04 Å². The molecule has 0 amide bonds. The summed E-state index contributed by atoms with van der Waals surface area (Å²) in [6.45, 7) is 1.99. The van der Waals surface area contributed by atoms with E-state index in [-0.39, 0.29) is 6.04 Å². The molecule has 3 nitrogen and oxygen atoms in total. The van der Waals surface area contributed by atoms with Crippen LogP contribution in [-0.2, 0) is 0 Å². The minimum atomic E-state index is 0.0399. The number of hydrogen-bond donors (Lipinski definition) is 1.